The molecule has 2 amide bonds. The van der Waals surface area contributed by atoms with Crippen molar-refractivity contribution >= 4 is 28.9 Å². The summed E-state index contributed by atoms with van der Waals surface area (Å²) < 4.78 is 24.4. The molecule has 1 aromatic carbocycles. The number of hydrogen-bond acceptors (Lipinski definition) is 9. The summed E-state index contributed by atoms with van der Waals surface area (Å²) in [5.41, 5.74) is -0.472. The molecule has 1 N–H and O–H groups in total. The van der Waals surface area contributed by atoms with Gasteiger partial charge in [-0.15, -0.1) is 0 Å². The Morgan fingerprint density at radius 2 is 1.82 bits per heavy atom. The van der Waals surface area contributed by atoms with Gasteiger partial charge in [-0.25, -0.2) is 9.59 Å². The van der Waals surface area contributed by atoms with E-state index >= 15 is 0 Å². The van der Waals surface area contributed by atoms with E-state index in [1.165, 1.54) is 18.4 Å². The predicted octanol–water partition coefficient (Wildman–Crippen LogP) is 3.67. The van der Waals surface area contributed by atoms with Gasteiger partial charge in [-0.3, -0.25) is 14.2 Å². The Balaban J connectivity index is 1.37. The molecular formula is C33H44N4O8. The fourth-order valence-corrected chi connectivity index (χ4v) is 7.51. The van der Waals surface area contributed by atoms with E-state index in [-0.39, 0.29) is 36.6 Å². The lowest BCUT2D eigenvalue weighted by atomic mass is 9.85. The van der Waals surface area contributed by atoms with Crippen LogP contribution in [0.2, 0.25) is 0 Å². The Bertz CT molecular complexity index is 1530. The van der Waals surface area contributed by atoms with Crippen LogP contribution in [0, 0.1) is 23.2 Å². The molecule has 4 aliphatic rings. The predicted molar refractivity (Wildman–Crippen MR) is 164 cm³/mol. The number of hydrogen-bond donors (Lipinski definition) is 1. The summed E-state index contributed by atoms with van der Waals surface area (Å²) in [6.07, 6.45) is 4.21. The highest BCUT2D eigenvalue weighted by Gasteiger charge is 2.54. The lowest BCUT2D eigenvalue weighted by Crippen LogP contribution is -2.57. The highest BCUT2D eigenvalue weighted by atomic mass is 16.6. The number of carbonyl (C=O) groups is 3. The smallest absolute Gasteiger partial charge is 0.408 e. The van der Waals surface area contributed by atoms with Gasteiger partial charge in [-0.2, -0.15) is 4.98 Å². The second kappa shape index (κ2) is 12.2. The van der Waals surface area contributed by atoms with Crippen molar-refractivity contribution in [3.05, 3.63) is 28.6 Å². The summed E-state index contributed by atoms with van der Waals surface area (Å²) in [4.78, 5) is 60.3. The highest BCUT2D eigenvalue weighted by Crippen LogP contribution is 2.57. The van der Waals surface area contributed by atoms with E-state index in [9.17, 15) is 19.2 Å². The Morgan fingerprint density at radius 1 is 1.02 bits per heavy atom. The van der Waals surface area contributed by atoms with Gasteiger partial charge in [0.15, 0.2) is 0 Å². The molecule has 0 spiro atoms. The molecule has 2 saturated carbocycles. The second-order valence-electron chi connectivity index (χ2n) is 14.0. The summed E-state index contributed by atoms with van der Waals surface area (Å²) in [7, 11) is 2.82. The third kappa shape index (κ3) is 6.20. The lowest BCUT2D eigenvalue weighted by Gasteiger charge is -2.35. The number of benzene rings is 1. The van der Waals surface area contributed by atoms with Crippen LogP contribution in [0.4, 0.5) is 4.79 Å². The quantitative estimate of drug-likeness (QED) is 0.496. The van der Waals surface area contributed by atoms with Crippen molar-refractivity contribution in [2.45, 2.75) is 96.6 Å². The van der Waals surface area contributed by atoms with Gasteiger partial charge in [0.05, 0.1) is 31.7 Å². The molecule has 2 bridgehead atoms. The minimum absolute atomic E-state index is 0.0436. The second-order valence-corrected chi connectivity index (χ2v) is 14.0. The Morgan fingerprint density at radius 3 is 2.56 bits per heavy atom. The summed E-state index contributed by atoms with van der Waals surface area (Å²) in [5.74, 6) is 0.986. The Hall–Kier alpha value is -3.83. The van der Waals surface area contributed by atoms with Crippen LogP contribution in [-0.4, -0.2) is 77.5 Å². The van der Waals surface area contributed by atoms with Gasteiger partial charge in [-0.1, -0.05) is 33.6 Å². The number of nitrogens with zero attached hydrogens (tertiary/aromatic N) is 3. The molecule has 12 nitrogen and oxygen atoms in total. The number of rotatable bonds is 2. The minimum Gasteiger partial charge on any atom is -0.497 e. The van der Waals surface area contributed by atoms with Gasteiger partial charge in [0.2, 0.25) is 5.91 Å². The van der Waals surface area contributed by atoms with E-state index in [2.05, 4.69) is 5.32 Å². The number of alkyl carbamates (subject to hydrolysis) is 1. The third-order valence-electron chi connectivity index (χ3n) is 10.0. The first-order valence-corrected chi connectivity index (χ1v) is 16.1. The topological polar surface area (TPSA) is 138 Å². The molecular weight excluding hydrogens is 580 g/mol. The normalized spacial score (nSPS) is 30.5. The van der Waals surface area contributed by atoms with Crippen molar-refractivity contribution in [1.82, 2.24) is 19.8 Å². The molecule has 0 radical (unpaired) electrons. The number of nitrogens with one attached hydrogen (secondary N) is 1. The molecule has 1 saturated heterocycles. The number of amides is 2. The van der Waals surface area contributed by atoms with Crippen molar-refractivity contribution in [2.75, 3.05) is 20.8 Å². The van der Waals surface area contributed by atoms with Crippen LogP contribution in [0.15, 0.2) is 23.0 Å². The number of methoxy groups -OCH3 is 2. The SMILES string of the molecule is COC(=O)[C@@H]1C[C@@H]2CN1C(=O)[C@H](C(C)(C)C)NC(=O)O[C@@H]1C[C@@H]3C[C@@H]3[C@H]1CCCCCn1c(nc3cc(OC)ccc3c1=O)O2. The monoisotopic (exact) mass is 624 g/mol. The lowest BCUT2D eigenvalue weighted by molar-refractivity contribution is -0.152. The fourth-order valence-electron chi connectivity index (χ4n) is 7.51. The molecule has 2 aliphatic heterocycles. The molecule has 1 aromatic heterocycles. The molecule has 3 heterocycles. The maximum absolute atomic E-state index is 14.2. The van der Waals surface area contributed by atoms with Crippen molar-refractivity contribution in [3.8, 4) is 11.8 Å². The first kappa shape index (κ1) is 31.2. The Labute approximate surface area is 262 Å². The van der Waals surface area contributed by atoms with E-state index in [4.69, 9.17) is 23.9 Å². The van der Waals surface area contributed by atoms with Crippen molar-refractivity contribution < 1.29 is 33.3 Å². The first-order chi connectivity index (χ1) is 21.5. The molecule has 7 atom stereocenters. The molecule has 3 fully saturated rings. The number of esters is 1. The van der Waals surface area contributed by atoms with Crippen molar-refractivity contribution in [1.29, 1.82) is 0 Å². The van der Waals surface area contributed by atoms with Gasteiger partial charge in [0.1, 0.15) is 30.0 Å². The molecule has 0 unspecified atom stereocenters. The van der Waals surface area contributed by atoms with E-state index in [1.54, 1.807) is 29.9 Å². The summed E-state index contributed by atoms with van der Waals surface area (Å²) in [6, 6.07) is 3.36. The third-order valence-corrected chi connectivity index (χ3v) is 10.0. The molecule has 6 rings (SSSR count). The van der Waals surface area contributed by atoms with E-state index in [0.717, 1.165) is 32.1 Å². The zero-order valence-corrected chi connectivity index (χ0v) is 26.7. The van der Waals surface area contributed by atoms with Crippen LogP contribution >= 0.6 is 0 Å². The van der Waals surface area contributed by atoms with E-state index in [0.29, 0.717) is 35.0 Å². The van der Waals surface area contributed by atoms with Crippen LogP contribution in [0.5, 0.6) is 11.8 Å². The van der Waals surface area contributed by atoms with Gasteiger partial charge in [0.25, 0.3) is 11.6 Å². The highest BCUT2D eigenvalue weighted by molar-refractivity contribution is 5.91. The summed E-state index contributed by atoms with van der Waals surface area (Å²) in [6.45, 7) is 6.03. The maximum atomic E-state index is 14.2. The van der Waals surface area contributed by atoms with Gasteiger partial charge in [-0.05, 0) is 61.0 Å². The maximum Gasteiger partial charge on any atom is 0.408 e. The molecule has 2 aromatic rings. The van der Waals surface area contributed by atoms with Crippen LogP contribution in [0.3, 0.4) is 0 Å². The zero-order chi connectivity index (χ0) is 32.0. The fraction of sp³-hybridized carbons (Fsp3) is 0.667. The van der Waals surface area contributed by atoms with Gasteiger partial charge in [0, 0.05) is 19.0 Å². The average Bonchev–Trinajstić information content (AvgIpc) is 3.49. The molecule has 2 aliphatic carbocycles. The van der Waals surface area contributed by atoms with E-state index in [1.807, 2.05) is 20.8 Å². The number of aromatic nitrogens is 2. The van der Waals surface area contributed by atoms with Crippen LogP contribution in [0.1, 0.15) is 65.7 Å². The van der Waals surface area contributed by atoms with Crippen molar-refractivity contribution in [3.63, 3.8) is 0 Å². The number of ether oxygens (including phenoxy) is 4. The number of carbonyl (C=O) groups excluding carboxylic acids is 3. The molecule has 244 valence electrons. The number of fused-ring (bicyclic) bond motifs is 7. The largest absolute Gasteiger partial charge is 0.497 e. The van der Waals surface area contributed by atoms with Gasteiger partial charge < -0.3 is 29.2 Å². The summed E-state index contributed by atoms with van der Waals surface area (Å²) in [5, 5.41) is 3.31. The van der Waals surface area contributed by atoms with Crippen LogP contribution < -0.4 is 20.3 Å². The summed E-state index contributed by atoms with van der Waals surface area (Å²) >= 11 is 0. The van der Waals surface area contributed by atoms with E-state index < -0.39 is 41.6 Å². The van der Waals surface area contributed by atoms with Crippen molar-refractivity contribution in [2.24, 2.45) is 23.2 Å². The van der Waals surface area contributed by atoms with Crippen LogP contribution in [0.25, 0.3) is 10.9 Å². The minimum atomic E-state index is -0.964. The Kier molecular flexibility index (Phi) is 8.43. The zero-order valence-electron chi connectivity index (χ0n) is 26.7. The van der Waals surface area contributed by atoms with Crippen LogP contribution in [-0.2, 0) is 25.6 Å². The molecule has 12 heteroatoms. The van der Waals surface area contributed by atoms with Gasteiger partial charge >= 0.3 is 12.1 Å². The standard InChI is InChI=1S/C33H44N4O8/c1-33(2,3)27-29(39)37-17-20(16-25(37)30(40)43-5)44-31-34-24-15-19(42-4)10-11-22(24)28(38)36(31)12-8-6-7-9-21-23-13-18(23)14-26(21)45-32(41)35-27/h10-11,15,18,20-21,23,25-27H,6-9,12-14,16-17H2,1-5H3,(H,35,41)/t18-,20+,21+,23-,25-,26+,27+/m0/s1. The molecule has 45 heavy (non-hydrogen) atoms. The average molecular weight is 625 g/mol. The first-order valence-electron chi connectivity index (χ1n) is 16.1.